The van der Waals surface area contributed by atoms with Crippen LogP contribution in [0.25, 0.3) is 17.2 Å². The average Bonchev–Trinajstić information content (AvgIpc) is 2.94. The second kappa shape index (κ2) is 14.2. The van der Waals surface area contributed by atoms with Crippen molar-refractivity contribution in [2.24, 2.45) is 5.41 Å². The Morgan fingerprint density at radius 2 is 1.11 bits per heavy atom. The van der Waals surface area contributed by atoms with Crippen LogP contribution in [0.15, 0.2) is 90.5 Å². The van der Waals surface area contributed by atoms with Crippen LogP contribution in [0.3, 0.4) is 0 Å². The minimum absolute atomic E-state index is 0.0140. The smallest absolute Gasteiger partial charge is 0.130 e. The van der Waals surface area contributed by atoms with E-state index in [9.17, 15) is 0 Å². The minimum Gasteiger partial charge on any atom is -0.472 e. The zero-order chi connectivity index (χ0) is 33.0. The molecule has 4 aromatic carbocycles. The van der Waals surface area contributed by atoms with E-state index in [4.69, 9.17) is 9.05 Å². The third-order valence-electron chi connectivity index (χ3n) is 7.57. The number of benzene rings is 4. The summed E-state index contributed by atoms with van der Waals surface area (Å²) in [6.45, 7) is 24.7. The molecular weight excluding hydrogens is 586 g/mol. The normalized spacial score (nSPS) is 12.7. The lowest BCUT2D eigenvalue weighted by atomic mass is 9.82. The average molecular weight is 639 g/mol. The molecule has 0 aromatic heterocycles. The number of allylic oxidation sites excluding steroid dienone is 1. The Labute approximate surface area is 276 Å². The van der Waals surface area contributed by atoms with Gasteiger partial charge in [0.25, 0.3) is 0 Å². The molecule has 0 saturated heterocycles. The van der Waals surface area contributed by atoms with E-state index in [-0.39, 0.29) is 33.9 Å². The van der Waals surface area contributed by atoms with Gasteiger partial charge in [0.2, 0.25) is 0 Å². The van der Waals surface area contributed by atoms with E-state index < -0.39 is 0 Å². The first-order valence-electron chi connectivity index (χ1n) is 16.0. The van der Waals surface area contributed by atoms with Crippen molar-refractivity contribution < 1.29 is 9.05 Å². The predicted molar refractivity (Wildman–Crippen MR) is 202 cm³/mol. The molecule has 0 saturated carbocycles. The van der Waals surface area contributed by atoms with Crippen LogP contribution >= 0.6 is 17.6 Å². The summed E-state index contributed by atoms with van der Waals surface area (Å²) < 4.78 is 12.8. The van der Waals surface area contributed by atoms with Gasteiger partial charge in [-0.2, -0.15) is 0 Å². The maximum Gasteiger partial charge on any atom is 0.130 e. The first-order valence-corrected chi connectivity index (χ1v) is 17.8. The van der Waals surface area contributed by atoms with Crippen molar-refractivity contribution >= 4 is 34.3 Å². The molecule has 238 valence electrons. The van der Waals surface area contributed by atoms with Crippen molar-refractivity contribution in [1.82, 2.24) is 0 Å². The van der Waals surface area contributed by atoms with Gasteiger partial charge in [-0.15, -0.1) is 0 Å². The predicted octanol–water partition coefficient (Wildman–Crippen LogP) is 11.6. The molecule has 0 radical (unpaired) electrons. The lowest BCUT2D eigenvalue weighted by Crippen LogP contribution is -2.15. The van der Waals surface area contributed by atoms with Crippen molar-refractivity contribution in [2.45, 2.75) is 93.4 Å². The molecule has 0 fully saturated rings. The van der Waals surface area contributed by atoms with E-state index in [1.54, 1.807) is 0 Å². The summed E-state index contributed by atoms with van der Waals surface area (Å²) in [4.78, 5) is 0. The van der Waals surface area contributed by atoms with Gasteiger partial charge in [-0.3, -0.25) is 0 Å². The summed E-state index contributed by atoms with van der Waals surface area (Å²) in [6, 6.07) is 30.8. The van der Waals surface area contributed by atoms with Crippen molar-refractivity contribution in [3.8, 4) is 22.6 Å². The standard InChI is InChI=1S/C41H52O2P2/c1-28(2)24-32-26-33(40(6,7)8)17-23-37(32)42-44-34-18-13-30(14-19-34)31-15-20-35(21-16-31)45-43-38-22-12-29(27-39(3,4)5)25-36(38)41(9,10)11/h12-26,44-45H,27H2,1-11H3. The summed E-state index contributed by atoms with van der Waals surface area (Å²) in [7, 11) is 0.497. The van der Waals surface area contributed by atoms with Crippen LogP contribution in [0, 0.1) is 5.41 Å². The Morgan fingerprint density at radius 3 is 1.58 bits per heavy atom. The number of hydrogen-bond donors (Lipinski definition) is 0. The molecule has 0 aliphatic rings. The van der Waals surface area contributed by atoms with Crippen molar-refractivity contribution in [3.05, 3.63) is 113 Å². The fourth-order valence-corrected chi connectivity index (χ4v) is 6.62. The second-order valence-electron chi connectivity index (χ2n) is 15.6. The highest BCUT2D eigenvalue weighted by atomic mass is 31.1. The first-order chi connectivity index (χ1) is 21.0. The van der Waals surface area contributed by atoms with Crippen LogP contribution in [0.2, 0.25) is 0 Å². The van der Waals surface area contributed by atoms with Crippen molar-refractivity contribution in [1.29, 1.82) is 0 Å². The van der Waals surface area contributed by atoms with E-state index in [0.717, 1.165) is 23.5 Å². The summed E-state index contributed by atoms with van der Waals surface area (Å²) in [6.07, 6.45) is 3.26. The lowest BCUT2D eigenvalue weighted by molar-refractivity contribution is 0.410. The molecule has 4 heteroatoms. The molecule has 2 nitrogen and oxygen atoms in total. The van der Waals surface area contributed by atoms with Gasteiger partial charge in [-0.1, -0.05) is 141 Å². The molecular formula is C41H52O2P2. The molecule has 0 N–H and O–H groups in total. The first kappa shape index (κ1) is 34.9. The highest BCUT2D eigenvalue weighted by Crippen LogP contribution is 2.37. The number of hydrogen-bond acceptors (Lipinski definition) is 2. The van der Waals surface area contributed by atoms with Crippen LogP contribution in [-0.4, -0.2) is 0 Å². The van der Waals surface area contributed by atoms with Gasteiger partial charge in [-0.05, 0) is 77.0 Å². The van der Waals surface area contributed by atoms with E-state index >= 15 is 0 Å². The maximum atomic E-state index is 6.42. The van der Waals surface area contributed by atoms with Gasteiger partial charge in [0, 0.05) is 21.7 Å². The van der Waals surface area contributed by atoms with Crippen molar-refractivity contribution in [2.75, 3.05) is 0 Å². The Hall–Kier alpha value is -2.92. The van der Waals surface area contributed by atoms with Gasteiger partial charge < -0.3 is 9.05 Å². The molecule has 45 heavy (non-hydrogen) atoms. The van der Waals surface area contributed by atoms with Crippen LogP contribution in [0.1, 0.15) is 98.4 Å². The minimum atomic E-state index is 0.0140. The summed E-state index contributed by atoms with van der Waals surface area (Å²) in [5.74, 6) is 1.92. The van der Waals surface area contributed by atoms with E-state index in [1.165, 1.54) is 44.0 Å². The largest absolute Gasteiger partial charge is 0.472 e. The summed E-state index contributed by atoms with van der Waals surface area (Å²) in [5.41, 5.74) is 9.12. The summed E-state index contributed by atoms with van der Waals surface area (Å²) >= 11 is 0. The molecule has 0 heterocycles. The van der Waals surface area contributed by atoms with Crippen LogP contribution < -0.4 is 19.7 Å². The van der Waals surface area contributed by atoms with Gasteiger partial charge in [0.1, 0.15) is 29.1 Å². The number of rotatable bonds is 9. The van der Waals surface area contributed by atoms with E-state index in [2.05, 4.69) is 167 Å². The highest BCUT2D eigenvalue weighted by molar-refractivity contribution is 7.42. The Bertz CT molecular complexity index is 1610. The Kier molecular flexibility index (Phi) is 11.1. The van der Waals surface area contributed by atoms with Crippen LogP contribution in [0.4, 0.5) is 0 Å². The zero-order valence-corrected chi connectivity index (χ0v) is 31.2. The molecule has 2 atom stereocenters. The van der Waals surface area contributed by atoms with Crippen LogP contribution in [0.5, 0.6) is 11.5 Å². The molecule has 0 amide bonds. The van der Waals surface area contributed by atoms with Gasteiger partial charge >= 0.3 is 0 Å². The Morgan fingerprint density at radius 1 is 0.600 bits per heavy atom. The fourth-order valence-electron chi connectivity index (χ4n) is 5.20. The second-order valence-corrected chi connectivity index (χ2v) is 17.6. The molecule has 0 aliphatic heterocycles. The SMILES string of the molecule is CC(C)=Cc1cc(C(C)(C)C)ccc1OPc1ccc(-c2ccc(POc3ccc(CC(C)(C)C)cc3C(C)(C)C)cc2)cc1. The third kappa shape index (κ3) is 10.3. The maximum absolute atomic E-state index is 6.42. The van der Waals surface area contributed by atoms with Gasteiger partial charge in [0.05, 0.1) is 0 Å². The fraction of sp³-hybridized carbons (Fsp3) is 0.366. The molecule has 4 aromatic rings. The molecule has 0 bridgehead atoms. The third-order valence-corrected chi connectivity index (χ3v) is 9.35. The lowest BCUT2D eigenvalue weighted by Gasteiger charge is -2.25. The highest BCUT2D eigenvalue weighted by Gasteiger charge is 2.21. The van der Waals surface area contributed by atoms with Crippen molar-refractivity contribution in [3.63, 3.8) is 0 Å². The van der Waals surface area contributed by atoms with E-state index in [1.807, 2.05) is 0 Å². The quantitative estimate of drug-likeness (QED) is 0.170. The summed E-state index contributed by atoms with van der Waals surface area (Å²) in [5, 5.41) is 2.37. The topological polar surface area (TPSA) is 18.5 Å². The molecule has 4 rings (SSSR count). The monoisotopic (exact) mass is 638 g/mol. The van der Waals surface area contributed by atoms with Crippen LogP contribution in [-0.2, 0) is 17.3 Å². The Balaban J connectivity index is 1.40. The molecule has 0 aliphatic carbocycles. The zero-order valence-electron chi connectivity index (χ0n) is 29.2. The molecule has 0 spiro atoms. The van der Waals surface area contributed by atoms with E-state index in [0.29, 0.717) is 0 Å². The van der Waals surface area contributed by atoms with Gasteiger partial charge in [0.15, 0.2) is 0 Å². The van der Waals surface area contributed by atoms with Gasteiger partial charge in [-0.25, -0.2) is 0 Å². The molecule has 2 unspecified atom stereocenters.